The van der Waals surface area contributed by atoms with Crippen molar-refractivity contribution in [1.82, 2.24) is 5.32 Å². The normalized spacial score (nSPS) is 23.6. The third kappa shape index (κ3) is 5.31. The highest BCUT2D eigenvalue weighted by Crippen LogP contribution is 2.22. The van der Waals surface area contributed by atoms with Crippen LogP contribution in [-0.2, 0) is 4.74 Å². The van der Waals surface area contributed by atoms with Crippen LogP contribution in [0.1, 0.15) is 52.9 Å². The highest BCUT2D eigenvalue weighted by atomic mass is 16.5. The fourth-order valence-corrected chi connectivity index (χ4v) is 2.43. The molecular weight excluding hydrogens is 198 g/mol. The number of hydrogen-bond acceptors (Lipinski definition) is 2. The molecular formula is C14H29NO. The first-order valence-corrected chi connectivity index (χ1v) is 7.05. The smallest absolute Gasteiger partial charge is 0.0509 e. The summed E-state index contributed by atoms with van der Waals surface area (Å²) in [6.07, 6.45) is 6.46. The molecule has 2 heteroatoms. The van der Waals surface area contributed by atoms with Gasteiger partial charge in [0, 0.05) is 12.6 Å². The molecule has 0 aromatic carbocycles. The van der Waals surface area contributed by atoms with Crippen molar-refractivity contribution in [3.63, 3.8) is 0 Å². The molecule has 16 heavy (non-hydrogen) atoms. The van der Waals surface area contributed by atoms with Crippen molar-refractivity contribution in [2.45, 2.75) is 58.9 Å². The Hall–Kier alpha value is -0.0800. The van der Waals surface area contributed by atoms with Crippen LogP contribution in [0.2, 0.25) is 0 Å². The van der Waals surface area contributed by atoms with Crippen molar-refractivity contribution >= 4 is 0 Å². The van der Waals surface area contributed by atoms with Gasteiger partial charge in [-0.1, -0.05) is 20.8 Å². The third-order valence-electron chi connectivity index (χ3n) is 3.48. The first kappa shape index (κ1) is 14.0. The molecule has 0 amide bonds. The Morgan fingerprint density at radius 3 is 2.69 bits per heavy atom. The van der Waals surface area contributed by atoms with E-state index in [1.807, 2.05) is 0 Å². The fourth-order valence-electron chi connectivity index (χ4n) is 2.43. The molecule has 1 N–H and O–H groups in total. The summed E-state index contributed by atoms with van der Waals surface area (Å²) < 4.78 is 5.61. The molecule has 1 saturated heterocycles. The maximum absolute atomic E-state index is 5.61. The Morgan fingerprint density at radius 2 is 2.12 bits per heavy atom. The molecule has 0 aromatic heterocycles. The van der Waals surface area contributed by atoms with Crippen molar-refractivity contribution < 1.29 is 4.74 Å². The lowest BCUT2D eigenvalue weighted by molar-refractivity contribution is 0.0371. The summed E-state index contributed by atoms with van der Waals surface area (Å²) in [6.45, 7) is 9.96. The zero-order chi connectivity index (χ0) is 11.8. The van der Waals surface area contributed by atoms with Crippen molar-refractivity contribution in [2.24, 2.45) is 11.8 Å². The van der Waals surface area contributed by atoms with Gasteiger partial charge in [-0.3, -0.25) is 0 Å². The van der Waals surface area contributed by atoms with E-state index in [1.54, 1.807) is 0 Å². The summed E-state index contributed by atoms with van der Waals surface area (Å²) in [5, 5.41) is 3.71. The van der Waals surface area contributed by atoms with Crippen LogP contribution in [0.5, 0.6) is 0 Å². The second-order valence-corrected chi connectivity index (χ2v) is 5.51. The number of rotatable bonds is 7. The van der Waals surface area contributed by atoms with Crippen molar-refractivity contribution in [1.29, 1.82) is 0 Å². The third-order valence-corrected chi connectivity index (χ3v) is 3.48. The molecule has 2 unspecified atom stereocenters. The zero-order valence-electron chi connectivity index (χ0n) is 11.3. The minimum atomic E-state index is 0.683. The molecule has 1 aliphatic heterocycles. The van der Waals surface area contributed by atoms with Gasteiger partial charge in [0.2, 0.25) is 0 Å². The Labute approximate surface area is 101 Å². The predicted octanol–water partition coefficient (Wildman–Crippen LogP) is 3.22. The summed E-state index contributed by atoms with van der Waals surface area (Å²) in [4.78, 5) is 0. The molecule has 2 nitrogen and oxygen atoms in total. The minimum absolute atomic E-state index is 0.683. The van der Waals surface area contributed by atoms with Crippen LogP contribution < -0.4 is 5.32 Å². The summed E-state index contributed by atoms with van der Waals surface area (Å²) in [5.41, 5.74) is 0. The monoisotopic (exact) mass is 227 g/mol. The molecule has 0 saturated carbocycles. The van der Waals surface area contributed by atoms with E-state index in [0.29, 0.717) is 6.04 Å². The van der Waals surface area contributed by atoms with E-state index in [4.69, 9.17) is 4.74 Å². The number of hydrogen-bond donors (Lipinski definition) is 1. The zero-order valence-corrected chi connectivity index (χ0v) is 11.3. The topological polar surface area (TPSA) is 21.3 Å². The Morgan fingerprint density at radius 1 is 1.31 bits per heavy atom. The largest absolute Gasteiger partial charge is 0.381 e. The highest BCUT2D eigenvalue weighted by Gasteiger charge is 2.23. The Balaban J connectivity index is 2.34. The van der Waals surface area contributed by atoms with Gasteiger partial charge in [-0.2, -0.15) is 0 Å². The second kappa shape index (κ2) is 8.08. The molecule has 1 aliphatic rings. The van der Waals surface area contributed by atoms with Gasteiger partial charge in [-0.25, -0.2) is 0 Å². The van der Waals surface area contributed by atoms with Crippen LogP contribution in [0.15, 0.2) is 0 Å². The van der Waals surface area contributed by atoms with Crippen LogP contribution in [0.25, 0.3) is 0 Å². The van der Waals surface area contributed by atoms with Gasteiger partial charge in [0.1, 0.15) is 0 Å². The molecule has 0 bridgehead atoms. The average Bonchev–Trinajstić information content (AvgIpc) is 2.30. The van der Waals surface area contributed by atoms with E-state index in [9.17, 15) is 0 Å². The lowest BCUT2D eigenvalue weighted by atomic mass is 9.89. The lowest BCUT2D eigenvalue weighted by Gasteiger charge is -2.31. The molecule has 0 aromatic rings. The molecule has 1 fully saturated rings. The predicted molar refractivity (Wildman–Crippen MR) is 69.7 cm³/mol. The number of ether oxygens (including phenoxy) is 1. The van der Waals surface area contributed by atoms with Gasteiger partial charge in [0.25, 0.3) is 0 Å². The Bertz CT molecular complexity index is 164. The fraction of sp³-hybridized carbons (Fsp3) is 1.00. The molecule has 1 heterocycles. The molecule has 2 atom stereocenters. The van der Waals surface area contributed by atoms with Gasteiger partial charge in [0.15, 0.2) is 0 Å². The van der Waals surface area contributed by atoms with Crippen LogP contribution in [-0.4, -0.2) is 25.8 Å². The Kier molecular flexibility index (Phi) is 7.06. The van der Waals surface area contributed by atoms with E-state index in [-0.39, 0.29) is 0 Å². The van der Waals surface area contributed by atoms with E-state index in [0.717, 1.165) is 31.6 Å². The molecule has 96 valence electrons. The van der Waals surface area contributed by atoms with Gasteiger partial charge in [-0.05, 0) is 50.5 Å². The van der Waals surface area contributed by atoms with E-state index < -0.39 is 0 Å². The summed E-state index contributed by atoms with van der Waals surface area (Å²) in [5.74, 6) is 1.56. The summed E-state index contributed by atoms with van der Waals surface area (Å²) >= 11 is 0. The van der Waals surface area contributed by atoms with E-state index >= 15 is 0 Å². The van der Waals surface area contributed by atoms with Gasteiger partial charge < -0.3 is 10.1 Å². The molecule has 0 radical (unpaired) electrons. The minimum Gasteiger partial charge on any atom is -0.381 e. The number of nitrogens with one attached hydrogen (secondary N) is 1. The van der Waals surface area contributed by atoms with Crippen molar-refractivity contribution in [3.05, 3.63) is 0 Å². The maximum Gasteiger partial charge on any atom is 0.0509 e. The summed E-state index contributed by atoms with van der Waals surface area (Å²) in [7, 11) is 0. The molecule has 0 spiro atoms. The molecule has 1 rings (SSSR count). The SMILES string of the molecule is CCCNC(CCC(C)C)C1CCCOC1. The van der Waals surface area contributed by atoms with Crippen LogP contribution >= 0.6 is 0 Å². The van der Waals surface area contributed by atoms with E-state index in [1.165, 1.54) is 32.1 Å². The van der Waals surface area contributed by atoms with Gasteiger partial charge in [0.05, 0.1) is 6.61 Å². The second-order valence-electron chi connectivity index (χ2n) is 5.51. The van der Waals surface area contributed by atoms with Crippen LogP contribution in [0, 0.1) is 11.8 Å². The molecule has 0 aliphatic carbocycles. The van der Waals surface area contributed by atoms with Gasteiger partial charge >= 0.3 is 0 Å². The first-order valence-electron chi connectivity index (χ1n) is 7.05. The van der Waals surface area contributed by atoms with Crippen molar-refractivity contribution in [2.75, 3.05) is 19.8 Å². The standard InChI is InChI=1S/C14H29NO/c1-4-9-15-14(8-7-12(2)3)13-6-5-10-16-11-13/h12-15H,4-11H2,1-3H3. The first-order chi connectivity index (χ1) is 7.74. The quantitative estimate of drug-likeness (QED) is 0.721. The van der Waals surface area contributed by atoms with Gasteiger partial charge in [-0.15, -0.1) is 0 Å². The lowest BCUT2D eigenvalue weighted by Crippen LogP contribution is -2.40. The van der Waals surface area contributed by atoms with E-state index in [2.05, 4.69) is 26.1 Å². The average molecular weight is 227 g/mol. The van der Waals surface area contributed by atoms with Crippen LogP contribution in [0.4, 0.5) is 0 Å². The van der Waals surface area contributed by atoms with Crippen molar-refractivity contribution in [3.8, 4) is 0 Å². The maximum atomic E-state index is 5.61. The highest BCUT2D eigenvalue weighted by molar-refractivity contribution is 4.78. The van der Waals surface area contributed by atoms with Crippen LogP contribution in [0.3, 0.4) is 0 Å². The summed E-state index contributed by atoms with van der Waals surface area (Å²) in [6, 6.07) is 0.683.